The van der Waals surface area contributed by atoms with Gasteiger partial charge in [0.05, 0.1) is 5.25 Å². The largest absolute Gasteiger partial charge is 0.369 e. The monoisotopic (exact) mass is 253 g/mol. The Morgan fingerprint density at radius 1 is 1.71 bits per heavy atom. The molecular formula is C11H15N3O2S. The van der Waals surface area contributed by atoms with Crippen LogP contribution < -0.4 is 11.3 Å². The number of amides is 1. The second kappa shape index (κ2) is 4.91. The standard InChI is InChI=1S/C11H15N3O2S/c1-2-8(10(12)16)17-11-13-9(15)5-6-14(11)7-3-4-7/h5-8H,2-4H2,1H3,(H2,12,16)/t8-/m0/s1. The molecular weight excluding hydrogens is 238 g/mol. The average Bonchev–Trinajstić information content (AvgIpc) is 3.09. The fourth-order valence-electron chi connectivity index (χ4n) is 1.58. The Bertz CT molecular complexity index is 482. The topological polar surface area (TPSA) is 78.0 Å². The Kier molecular flexibility index (Phi) is 3.51. The van der Waals surface area contributed by atoms with E-state index in [1.165, 1.54) is 17.8 Å². The minimum atomic E-state index is -0.363. The highest BCUT2D eigenvalue weighted by atomic mass is 32.2. The van der Waals surface area contributed by atoms with Gasteiger partial charge in [0.2, 0.25) is 5.91 Å². The van der Waals surface area contributed by atoms with E-state index in [1.54, 1.807) is 6.20 Å². The van der Waals surface area contributed by atoms with E-state index < -0.39 is 0 Å². The molecule has 1 amide bonds. The van der Waals surface area contributed by atoms with Gasteiger partial charge in [-0.05, 0) is 19.3 Å². The van der Waals surface area contributed by atoms with Crippen molar-refractivity contribution in [2.75, 3.05) is 0 Å². The molecule has 1 aromatic heterocycles. The van der Waals surface area contributed by atoms with Gasteiger partial charge in [-0.25, -0.2) is 0 Å². The van der Waals surface area contributed by atoms with Crippen LogP contribution in [-0.2, 0) is 4.79 Å². The highest BCUT2D eigenvalue weighted by Crippen LogP contribution is 2.37. The Balaban J connectivity index is 2.26. The molecule has 1 saturated carbocycles. The lowest BCUT2D eigenvalue weighted by atomic mass is 10.3. The molecule has 0 spiro atoms. The van der Waals surface area contributed by atoms with Gasteiger partial charge < -0.3 is 10.3 Å². The number of carbonyl (C=O) groups is 1. The molecule has 5 nitrogen and oxygen atoms in total. The number of nitrogens with zero attached hydrogens (tertiary/aromatic N) is 2. The van der Waals surface area contributed by atoms with E-state index in [4.69, 9.17) is 5.73 Å². The molecule has 0 saturated heterocycles. The van der Waals surface area contributed by atoms with Gasteiger partial charge in [-0.2, -0.15) is 4.98 Å². The van der Waals surface area contributed by atoms with E-state index in [0.717, 1.165) is 12.8 Å². The lowest BCUT2D eigenvalue weighted by Gasteiger charge is -2.14. The SMILES string of the molecule is CC[C@H](Sc1nc(=O)ccn1C1CC1)C(N)=O. The molecule has 0 bridgehead atoms. The highest BCUT2D eigenvalue weighted by Gasteiger charge is 2.27. The average molecular weight is 253 g/mol. The molecule has 0 radical (unpaired) electrons. The molecule has 1 aromatic rings. The van der Waals surface area contributed by atoms with Crippen molar-refractivity contribution >= 4 is 17.7 Å². The molecule has 1 heterocycles. The van der Waals surface area contributed by atoms with Crippen LogP contribution in [0, 0.1) is 0 Å². The highest BCUT2D eigenvalue weighted by molar-refractivity contribution is 8.00. The Labute approximate surface area is 103 Å². The van der Waals surface area contributed by atoms with Crippen molar-refractivity contribution < 1.29 is 4.79 Å². The summed E-state index contributed by atoms with van der Waals surface area (Å²) in [6.45, 7) is 1.89. The Morgan fingerprint density at radius 3 is 2.94 bits per heavy atom. The fraction of sp³-hybridized carbons (Fsp3) is 0.545. The smallest absolute Gasteiger partial charge is 0.273 e. The van der Waals surface area contributed by atoms with Crippen LogP contribution in [0.25, 0.3) is 0 Å². The first-order valence-corrected chi connectivity index (χ1v) is 6.55. The van der Waals surface area contributed by atoms with E-state index >= 15 is 0 Å². The minimum absolute atomic E-state index is 0.274. The van der Waals surface area contributed by atoms with Gasteiger partial charge in [0.15, 0.2) is 5.16 Å². The van der Waals surface area contributed by atoms with E-state index in [0.29, 0.717) is 17.6 Å². The molecule has 0 aliphatic heterocycles. The van der Waals surface area contributed by atoms with E-state index in [-0.39, 0.29) is 16.7 Å². The number of aromatic nitrogens is 2. The molecule has 1 aliphatic carbocycles. The summed E-state index contributed by atoms with van der Waals surface area (Å²) in [7, 11) is 0. The summed E-state index contributed by atoms with van der Waals surface area (Å²) in [5.74, 6) is -0.363. The van der Waals surface area contributed by atoms with Crippen LogP contribution in [0.3, 0.4) is 0 Å². The maximum Gasteiger partial charge on any atom is 0.273 e. The number of carbonyl (C=O) groups excluding carboxylic acids is 1. The van der Waals surface area contributed by atoms with Crippen LogP contribution in [0.5, 0.6) is 0 Å². The summed E-state index contributed by atoms with van der Waals surface area (Å²) in [5.41, 5.74) is 5.03. The lowest BCUT2D eigenvalue weighted by molar-refractivity contribution is -0.117. The van der Waals surface area contributed by atoms with Crippen LogP contribution in [0.1, 0.15) is 32.2 Å². The molecule has 1 aliphatic rings. The zero-order chi connectivity index (χ0) is 12.4. The van der Waals surface area contributed by atoms with Gasteiger partial charge in [0.1, 0.15) is 0 Å². The fourth-order valence-corrected chi connectivity index (χ4v) is 2.60. The second-order valence-corrected chi connectivity index (χ2v) is 5.27. The van der Waals surface area contributed by atoms with Crippen LogP contribution in [0.15, 0.2) is 22.2 Å². The third kappa shape index (κ3) is 2.88. The number of rotatable bonds is 5. The Morgan fingerprint density at radius 2 is 2.41 bits per heavy atom. The summed E-state index contributed by atoms with van der Waals surface area (Å²) < 4.78 is 1.97. The summed E-state index contributed by atoms with van der Waals surface area (Å²) >= 11 is 1.28. The summed E-state index contributed by atoms with van der Waals surface area (Å²) in [6.07, 6.45) is 4.59. The summed E-state index contributed by atoms with van der Waals surface area (Å²) in [5, 5.41) is 0.278. The number of hydrogen-bond donors (Lipinski definition) is 1. The van der Waals surface area contributed by atoms with Crippen molar-refractivity contribution in [2.24, 2.45) is 5.73 Å². The third-order valence-electron chi connectivity index (χ3n) is 2.68. The van der Waals surface area contributed by atoms with Gasteiger partial charge >= 0.3 is 0 Å². The van der Waals surface area contributed by atoms with Crippen molar-refractivity contribution in [3.8, 4) is 0 Å². The molecule has 1 atom stereocenters. The van der Waals surface area contributed by atoms with Crippen molar-refractivity contribution in [3.05, 3.63) is 22.6 Å². The molecule has 2 N–H and O–H groups in total. The molecule has 17 heavy (non-hydrogen) atoms. The summed E-state index contributed by atoms with van der Waals surface area (Å²) in [6, 6.07) is 1.88. The minimum Gasteiger partial charge on any atom is -0.369 e. The number of hydrogen-bond acceptors (Lipinski definition) is 4. The van der Waals surface area contributed by atoms with Crippen LogP contribution >= 0.6 is 11.8 Å². The van der Waals surface area contributed by atoms with Crippen LogP contribution in [-0.4, -0.2) is 20.7 Å². The first kappa shape index (κ1) is 12.2. The van der Waals surface area contributed by atoms with Crippen molar-refractivity contribution in [1.82, 2.24) is 9.55 Å². The first-order chi connectivity index (χ1) is 8.11. The number of nitrogens with two attached hydrogens (primary N) is 1. The molecule has 2 rings (SSSR count). The maximum atomic E-state index is 11.3. The molecule has 92 valence electrons. The van der Waals surface area contributed by atoms with Crippen LogP contribution in [0.4, 0.5) is 0 Å². The van der Waals surface area contributed by atoms with Gasteiger partial charge in [-0.1, -0.05) is 18.7 Å². The number of primary amides is 1. The van der Waals surface area contributed by atoms with Gasteiger partial charge in [0.25, 0.3) is 5.56 Å². The van der Waals surface area contributed by atoms with Gasteiger partial charge in [-0.15, -0.1) is 0 Å². The Hall–Kier alpha value is -1.30. The van der Waals surface area contributed by atoms with Crippen molar-refractivity contribution in [3.63, 3.8) is 0 Å². The predicted octanol–water partition coefficient (Wildman–Crippen LogP) is 0.934. The van der Waals surface area contributed by atoms with E-state index in [9.17, 15) is 9.59 Å². The molecule has 0 unspecified atom stereocenters. The van der Waals surface area contributed by atoms with Crippen LogP contribution in [0.2, 0.25) is 0 Å². The number of thioether (sulfide) groups is 1. The first-order valence-electron chi connectivity index (χ1n) is 5.67. The molecule has 6 heteroatoms. The predicted molar refractivity (Wildman–Crippen MR) is 65.9 cm³/mol. The van der Waals surface area contributed by atoms with Gasteiger partial charge in [0, 0.05) is 18.3 Å². The molecule has 0 aromatic carbocycles. The normalized spacial score (nSPS) is 16.8. The summed E-state index contributed by atoms with van der Waals surface area (Å²) in [4.78, 5) is 26.4. The second-order valence-electron chi connectivity index (χ2n) is 4.10. The van der Waals surface area contributed by atoms with E-state index in [2.05, 4.69) is 4.98 Å². The molecule has 1 fully saturated rings. The van der Waals surface area contributed by atoms with Crippen molar-refractivity contribution in [1.29, 1.82) is 0 Å². The van der Waals surface area contributed by atoms with E-state index in [1.807, 2.05) is 11.5 Å². The van der Waals surface area contributed by atoms with Crippen molar-refractivity contribution in [2.45, 2.75) is 42.6 Å². The lowest BCUT2D eigenvalue weighted by Crippen LogP contribution is -2.26. The third-order valence-corrected chi connectivity index (χ3v) is 4.04. The van der Waals surface area contributed by atoms with Gasteiger partial charge in [-0.3, -0.25) is 9.59 Å². The zero-order valence-electron chi connectivity index (χ0n) is 9.63. The quantitative estimate of drug-likeness (QED) is 0.625. The maximum absolute atomic E-state index is 11.3. The zero-order valence-corrected chi connectivity index (χ0v) is 10.4.